The lowest BCUT2D eigenvalue weighted by Crippen LogP contribution is -2.23. The highest BCUT2D eigenvalue weighted by Gasteiger charge is 2.11. The van der Waals surface area contributed by atoms with E-state index in [9.17, 15) is 4.79 Å². The van der Waals surface area contributed by atoms with Crippen molar-refractivity contribution in [2.24, 2.45) is 0 Å². The van der Waals surface area contributed by atoms with Crippen molar-refractivity contribution in [3.63, 3.8) is 0 Å². The van der Waals surface area contributed by atoms with Gasteiger partial charge in [0.15, 0.2) is 0 Å². The quantitative estimate of drug-likeness (QED) is 0.711. The largest absolute Gasteiger partial charge is 0.497 e. The number of hydrogen-bond donors (Lipinski definition) is 1. The number of nitrogens with zero attached hydrogens (tertiary/aromatic N) is 3. The van der Waals surface area contributed by atoms with E-state index in [0.29, 0.717) is 24.7 Å². The van der Waals surface area contributed by atoms with Gasteiger partial charge in [-0.15, -0.1) is 0 Å². The van der Waals surface area contributed by atoms with Crippen LogP contribution in [0.4, 0.5) is 0 Å². The molecule has 7 heteroatoms. The summed E-state index contributed by atoms with van der Waals surface area (Å²) in [5, 5.41) is 6.76. The topological polar surface area (TPSA) is 90.1 Å². The van der Waals surface area contributed by atoms with Crippen LogP contribution in [0.25, 0.3) is 11.4 Å². The summed E-state index contributed by atoms with van der Waals surface area (Å²) in [6, 6.07) is 13.0. The fourth-order valence-electron chi connectivity index (χ4n) is 2.24. The third-order valence-electron chi connectivity index (χ3n) is 3.55. The van der Waals surface area contributed by atoms with Gasteiger partial charge in [0.1, 0.15) is 5.75 Å². The Balaban J connectivity index is 1.52. The summed E-state index contributed by atoms with van der Waals surface area (Å²) >= 11 is 0. The van der Waals surface area contributed by atoms with Gasteiger partial charge < -0.3 is 14.6 Å². The van der Waals surface area contributed by atoms with Gasteiger partial charge in [0.25, 0.3) is 0 Å². The molecule has 0 radical (unpaired) electrons. The molecule has 25 heavy (non-hydrogen) atoms. The lowest BCUT2D eigenvalue weighted by molar-refractivity contribution is -0.121. The summed E-state index contributed by atoms with van der Waals surface area (Å²) in [5.41, 5.74) is 1.61. The van der Waals surface area contributed by atoms with Crippen LogP contribution >= 0.6 is 0 Å². The summed E-state index contributed by atoms with van der Waals surface area (Å²) in [5.74, 6) is 1.53. The van der Waals surface area contributed by atoms with Crippen molar-refractivity contribution in [3.8, 4) is 17.1 Å². The number of rotatable bonds is 7. The van der Waals surface area contributed by atoms with E-state index in [2.05, 4.69) is 20.4 Å². The first-order valence-corrected chi connectivity index (χ1v) is 7.88. The van der Waals surface area contributed by atoms with Gasteiger partial charge in [-0.25, -0.2) is 0 Å². The zero-order valence-electron chi connectivity index (χ0n) is 13.8. The van der Waals surface area contributed by atoms with Crippen LogP contribution in [-0.4, -0.2) is 28.1 Å². The van der Waals surface area contributed by atoms with Crippen molar-refractivity contribution >= 4 is 5.91 Å². The summed E-state index contributed by atoms with van der Waals surface area (Å²) in [6.07, 6.45) is 2.34. The number of aromatic nitrogens is 3. The first-order chi connectivity index (χ1) is 12.2. The van der Waals surface area contributed by atoms with E-state index < -0.39 is 0 Å². The van der Waals surface area contributed by atoms with Crippen molar-refractivity contribution in [1.82, 2.24) is 20.4 Å². The van der Waals surface area contributed by atoms with Gasteiger partial charge in [-0.05, 0) is 24.3 Å². The Kier molecular flexibility index (Phi) is 5.36. The molecule has 0 aliphatic carbocycles. The molecule has 0 saturated carbocycles. The third-order valence-corrected chi connectivity index (χ3v) is 3.55. The maximum absolute atomic E-state index is 11.9. The molecule has 0 fully saturated rings. The van der Waals surface area contributed by atoms with Crippen LogP contribution in [0.15, 0.2) is 53.2 Å². The molecule has 0 aliphatic rings. The van der Waals surface area contributed by atoms with Crippen LogP contribution in [0.3, 0.4) is 0 Å². The molecule has 128 valence electrons. The summed E-state index contributed by atoms with van der Waals surface area (Å²) in [7, 11) is 1.60. The Morgan fingerprint density at radius 1 is 1.24 bits per heavy atom. The highest BCUT2D eigenvalue weighted by atomic mass is 16.5. The Morgan fingerprint density at radius 3 is 2.96 bits per heavy atom. The van der Waals surface area contributed by atoms with Crippen LogP contribution in [-0.2, 0) is 17.8 Å². The van der Waals surface area contributed by atoms with Crippen LogP contribution in [0.5, 0.6) is 5.75 Å². The van der Waals surface area contributed by atoms with E-state index in [1.54, 1.807) is 13.3 Å². The first-order valence-electron chi connectivity index (χ1n) is 7.88. The zero-order valence-corrected chi connectivity index (χ0v) is 13.8. The number of ether oxygens (including phenoxy) is 1. The van der Waals surface area contributed by atoms with Crippen LogP contribution in [0, 0.1) is 0 Å². The van der Waals surface area contributed by atoms with E-state index in [1.807, 2.05) is 42.5 Å². The fraction of sp³-hybridized carbons (Fsp3) is 0.222. The number of pyridine rings is 1. The predicted octanol–water partition coefficient (Wildman–Crippen LogP) is 2.39. The SMILES string of the molecule is COc1cccc(-c2noc(CCC(=O)NCc3ccccn3)n2)c1. The lowest BCUT2D eigenvalue weighted by atomic mass is 10.2. The molecule has 0 atom stereocenters. The van der Waals surface area contributed by atoms with Crippen LogP contribution in [0.1, 0.15) is 18.0 Å². The Hall–Kier alpha value is -3.22. The van der Waals surface area contributed by atoms with Crippen molar-refractivity contribution in [3.05, 3.63) is 60.2 Å². The molecule has 1 amide bonds. The molecule has 0 saturated heterocycles. The second-order valence-corrected chi connectivity index (χ2v) is 5.34. The van der Waals surface area contributed by atoms with Gasteiger partial charge in [-0.1, -0.05) is 23.4 Å². The molecule has 2 aromatic heterocycles. The molecule has 2 heterocycles. The predicted molar refractivity (Wildman–Crippen MR) is 90.7 cm³/mol. The molecule has 3 aromatic rings. The number of aryl methyl sites for hydroxylation is 1. The van der Waals surface area contributed by atoms with E-state index in [0.717, 1.165) is 17.0 Å². The number of methoxy groups -OCH3 is 1. The summed E-state index contributed by atoms with van der Waals surface area (Å²) < 4.78 is 10.4. The van der Waals surface area contributed by atoms with Crippen molar-refractivity contribution in [2.45, 2.75) is 19.4 Å². The minimum absolute atomic E-state index is 0.0909. The molecule has 0 spiro atoms. The molecular weight excluding hydrogens is 320 g/mol. The van der Waals surface area contributed by atoms with E-state index >= 15 is 0 Å². The van der Waals surface area contributed by atoms with E-state index in [4.69, 9.17) is 9.26 Å². The molecule has 0 aliphatic heterocycles. The molecule has 1 N–H and O–H groups in total. The second kappa shape index (κ2) is 8.05. The molecule has 0 unspecified atom stereocenters. The Bertz CT molecular complexity index is 833. The van der Waals surface area contributed by atoms with Gasteiger partial charge in [-0.2, -0.15) is 4.98 Å². The minimum atomic E-state index is -0.0909. The third kappa shape index (κ3) is 4.63. The average Bonchev–Trinajstić information content (AvgIpc) is 3.15. The normalized spacial score (nSPS) is 10.4. The summed E-state index contributed by atoms with van der Waals surface area (Å²) in [6.45, 7) is 0.401. The van der Waals surface area contributed by atoms with E-state index in [1.165, 1.54) is 0 Å². The van der Waals surface area contributed by atoms with Gasteiger partial charge in [0, 0.05) is 24.6 Å². The second-order valence-electron chi connectivity index (χ2n) is 5.34. The number of nitrogens with one attached hydrogen (secondary N) is 1. The van der Waals surface area contributed by atoms with Gasteiger partial charge >= 0.3 is 0 Å². The molecular formula is C18H18N4O3. The standard InChI is InChI=1S/C18H18N4O3/c1-24-15-7-4-5-13(11-15)18-21-17(25-22-18)9-8-16(23)20-12-14-6-2-3-10-19-14/h2-7,10-11H,8-9,12H2,1H3,(H,20,23). The average molecular weight is 338 g/mol. The smallest absolute Gasteiger partial charge is 0.227 e. The van der Waals surface area contributed by atoms with Crippen molar-refractivity contribution < 1.29 is 14.1 Å². The monoisotopic (exact) mass is 338 g/mol. The van der Waals surface area contributed by atoms with Gasteiger partial charge in [0.05, 0.1) is 19.3 Å². The Labute approximate surface area is 145 Å². The highest BCUT2D eigenvalue weighted by Crippen LogP contribution is 2.21. The number of carbonyl (C=O) groups excluding carboxylic acids is 1. The number of amides is 1. The fourth-order valence-corrected chi connectivity index (χ4v) is 2.24. The lowest BCUT2D eigenvalue weighted by Gasteiger charge is -2.03. The molecule has 0 bridgehead atoms. The number of carbonyl (C=O) groups is 1. The van der Waals surface area contributed by atoms with Gasteiger partial charge in [-0.3, -0.25) is 9.78 Å². The van der Waals surface area contributed by atoms with Gasteiger partial charge in [0.2, 0.25) is 17.6 Å². The minimum Gasteiger partial charge on any atom is -0.497 e. The number of hydrogen-bond acceptors (Lipinski definition) is 6. The first kappa shape index (κ1) is 16.6. The highest BCUT2D eigenvalue weighted by molar-refractivity contribution is 5.75. The maximum atomic E-state index is 11.9. The zero-order chi connectivity index (χ0) is 17.5. The molecule has 7 nitrogen and oxygen atoms in total. The van der Waals surface area contributed by atoms with Crippen molar-refractivity contribution in [1.29, 1.82) is 0 Å². The van der Waals surface area contributed by atoms with E-state index in [-0.39, 0.29) is 12.3 Å². The number of benzene rings is 1. The maximum Gasteiger partial charge on any atom is 0.227 e. The molecule has 3 rings (SSSR count). The Morgan fingerprint density at radius 2 is 2.16 bits per heavy atom. The summed E-state index contributed by atoms with van der Waals surface area (Å²) in [4.78, 5) is 20.4. The van der Waals surface area contributed by atoms with Crippen LogP contribution in [0.2, 0.25) is 0 Å². The van der Waals surface area contributed by atoms with Crippen molar-refractivity contribution in [2.75, 3.05) is 7.11 Å². The molecule has 1 aromatic carbocycles. The van der Waals surface area contributed by atoms with Crippen LogP contribution < -0.4 is 10.1 Å².